The van der Waals surface area contributed by atoms with Gasteiger partial charge in [-0.15, -0.1) is 10.2 Å². The molecule has 5 aromatic rings. The molecule has 0 aliphatic carbocycles. The molecule has 1 aromatic heterocycles. The number of nitrogens with one attached hydrogen (secondary N) is 2. The normalized spacial score (nSPS) is 11.9. The van der Waals surface area contributed by atoms with Crippen LogP contribution >= 0.6 is 11.8 Å². The van der Waals surface area contributed by atoms with E-state index in [2.05, 4.69) is 50.3 Å². The van der Waals surface area contributed by atoms with Gasteiger partial charge in [0, 0.05) is 28.4 Å². The summed E-state index contributed by atoms with van der Waals surface area (Å²) in [5, 5.41) is 19.0. The Bertz CT molecular complexity index is 1670. The van der Waals surface area contributed by atoms with Gasteiger partial charge in [-0.3, -0.25) is 9.36 Å². The second-order valence-electron chi connectivity index (χ2n) is 9.05. The number of aromatic nitrogens is 3. The molecular weight excluding hydrogens is 536 g/mol. The molecule has 41 heavy (non-hydrogen) atoms. The predicted molar refractivity (Wildman–Crippen MR) is 163 cm³/mol. The zero-order chi connectivity index (χ0) is 28.6. The highest BCUT2D eigenvalue weighted by Gasteiger charge is 2.21. The van der Waals surface area contributed by atoms with E-state index >= 15 is 0 Å². The number of thioether (sulfide) groups is 1. The van der Waals surface area contributed by atoms with E-state index in [4.69, 9.17) is 9.47 Å². The number of hydrazone groups is 1. The van der Waals surface area contributed by atoms with E-state index in [1.807, 2.05) is 66.1 Å². The Balaban J connectivity index is 1.31. The minimum absolute atomic E-state index is 0.267. The number of methoxy groups -OCH3 is 2. The van der Waals surface area contributed by atoms with Crippen molar-refractivity contribution in [2.45, 2.75) is 23.9 Å². The summed E-state index contributed by atoms with van der Waals surface area (Å²) in [7, 11) is 3.16. The molecule has 5 rings (SSSR count). The molecule has 4 aromatic carbocycles. The third-order valence-electron chi connectivity index (χ3n) is 6.41. The highest BCUT2D eigenvalue weighted by atomic mass is 32.2. The first-order valence-corrected chi connectivity index (χ1v) is 13.9. The molecule has 1 atom stereocenters. The molecule has 0 aliphatic heterocycles. The monoisotopic (exact) mass is 566 g/mol. The summed E-state index contributed by atoms with van der Waals surface area (Å²) in [5.41, 5.74) is 5.25. The van der Waals surface area contributed by atoms with Gasteiger partial charge in [0.2, 0.25) is 0 Å². The Morgan fingerprint density at radius 3 is 2.56 bits per heavy atom. The first-order valence-electron chi connectivity index (χ1n) is 13.0. The van der Waals surface area contributed by atoms with Crippen LogP contribution in [0.1, 0.15) is 18.3 Å². The van der Waals surface area contributed by atoms with Gasteiger partial charge in [-0.2, -0.15) is 5.10 Å². The summed E-state index contributed by atoms with van der Waals surface area (Å²) in [6.45, 7) is 2.26. The second kappa shape index (κ2) is 13.0. The number of nitrogens with zero attached hydrogens (tertiary/aromatic N) is 4. The molecule has 208 valence electrons. The number of rotatable bonds is 11. The Morgan fingerprint density at radius 1 is 0.976 bits per heavy atom. The lowest BCUT2D eigenvalue weighted by Gasteiger charge is -2.14. The summed E-state index contributed by atoms with van der Waals surface area (Å²) >= 11 is 1.31. The van der Waals surface area contributed by atoms with Gasteiger partial charge < -0.3 is 14.8 Å². The van der Waals surface area contributed by atoms with Crippen molar-refractivity contribution in [2.75, 3.05) is 19.5 Å². The number of hydrogen-bond donors (Lipinski definition) is 2. The highest BCUT2D eigenvalue weighted by molar-refractivity contribution is 8.00. The summed E-state index contributed by atoms with van der Waals surface area (Å²) in [6.07, 6.45) is 1.54. The number of benzene rings is 4. The lowest BCUT2D eigenvalue weighted by Crippen LogP contribution is -2.27. The maximum Gasteiger partial charge on any atom is 0.253 e. The van der Waals surface area contributed by atoms with Gasteiger partial charge in [-0.05, 0) is 42.6 Å². The van der Waals surface area contributed by atoms with Gasteiger partial charge in [0.05, 0.1) is 32.2 Å². The number of amides is 1. The van der Waals surface area contributed by atoms with Crippen LogP contribution in [0.3, 0.4) is 0 Å². The zero-order valence-corrected chi connectivity index (χ0v) is 23.8. The van der Waals surface area contributed by atoms with Crippen LogP contribution in [-0.2, 0) is 11.3 Å². The largest absolute Gasteiger partial charge is 0.497 e. The standard InChI is InChI=1S/C31H30N6O3S/c1-21(30(38)35-33-19-23-16-17-25(39-2)18-28(23)40-3)41-31-36-34-29(37(31)24-12-5-4-6-13-24)20-32-27-15-9-11-22-10-7-8-14-26(22)27/h4-19,21,32H,20H2,1-3H3,(H,35,38)/b33-19+. The molecule has 0 saturated heterocycles. The van der Waals surface area contributed by atoms with E-state index < -0.39 is 5.25 Å². The molecule has 10 heteroatoms. The number of anilines is 1. The molecule has 1 unspecified atom stereocenters. The Hall–Kier alpha value is -4.83. The van der Waals surface area contributed by atoms with Crippen molar-refractivity contribution in [3.05, 3.63) is 102 Å². The van der Waals surface area contributed by atoms with E-state index in [-0.39, 0.29) is 5.91 Å². The Labute approximate surface area is 242 Å². The summed E-state index contributed by atoms with van der Waals surface area (Å²) in [5.74, 6) is 1.72. The van der Waals surface area contributed by atoms with Gasteiger partial charge in [0.15, 0.2) is 11.0 Å². The van der Waals surface area contributed by atoms with Crippen molar-refractivity contribution in [3.63, 3.8) is 0 Å². The molecule has 0 radical (unpaired) electrons. The van der Waals surface area contributed by atoms with Crippen molar-refractivity contribution in [3.8, 4) is 17.2 Å². The number of ether oxygens (including phenoxy) is 2. The first-order chi connectivity index (χ1) is 20.1. The molecule has 9 nitrogen and oxygen atoms in total. The lowest BCUT2D eigenvalue weighted by molar-refractivity contribution is -0.120. The fourth-order valence-corrected chi connectivity index (χ4v) is 5.15. The van der Waals surface area contributed by atoms with E-state index in [0.29, 0.717) is 28.8 Å². The van der Waals surface area contributed by atoms with E-state index in [0.717, 1.165) is 28.0 Å². The SMILES string of the molecule is COc1ccc(/C=N/NC(=O)C(C)Sc2nnc(CNc3cccc4ccccc34)n2-c2ccccc2)c(OC)c1. The summed E-state index contributed by atoms with van der Waals surface area (Å²) in [6, 6.07) is 29.6. The molecule has 2 N–H and O–H groups in total. The Morgan fingerprint density at radius 2 is 1.76 bits per heavy atom. The molecule has 0 saturated carbocycles. The average Bonchev–Trinajstić information content (AvgIpc) is 3.42. The van der Waals surface area contributed by atoms with Crippen LogP contribution in [0.2, 0.25) is 0 Å². The van der Waals surface area contributed by atoms with Crippen LogP contribution < -0.4 is 20.2 Å². The molecule has 0 fully saturated rings. The molecule has 0 spiro atoms. The van der Waals surface area contributed by atoms with Crippen molar-refractivity contribution in [1.82, 2.24) is 20.2 Å². The second-order valence-corrected chi connectivity index (χ2v) is 10.4. The van der Waals surface area contributed by atoms with Crippen molar-refractivity contribution in [1.29, 1.82) is 0 Å². The summed E-state index contributed by atoms with van der Waals surface area (Å²) in [4.78, 5) is 12.9. The Kier molecular flexibility index (Phi) is 8.80. The lowest BCUT2D eigenvalue weighted by atomic mass is 10.1. The number of hydrogen-bond acceptors (Lipinski definition) is 8. The van der Waals surface area contributed by atoms with E-state index in [1.165, 1.54) is 18.0 Å². The van der Waals surface area contributed by atoms with Gasteiger partial charge in [0.25, 0.3) is 5.91 Å². The number of para-hydroxylation sites is 1. The topological polar surface area (TPSA) is 103 Å². The van der Waals surface area contributed by atoms with Crippen molar-refractivity contribution < 1.29 is 14.3 Å². The molecule has 1 amide bonds. The third-order valence-corrected chi connectivity index (χ3v) is 7.45. The number of carbonyl (C=O) groups is 1. The van der Waals surface area contributed by atoms with E-state index in [1.54, 1.807) is 26.4 Å². The number of fused-ring (bicyclic) bond motifs is 1. The van der Waals surface area contributed by atoms with E-state index in [9.17, 15) is 4.79 Å². The van der Waals surface area contributed by atoms with Crippen molar-refractivity contribution in [2.24, 2.45) is 5.10 Å². The van der Waals surface area contributed by atoms with Crippen LogP contribution in [0, 0.1) is 0 Å². The summed E-state index contributed by atoms with van der Waals surface area (Å²) < 4.78 is 12.6. The van der Waals surface area contributed by atoms with Gasteiger partial charge in [-0.25, -0.2) is 5.43 Å². The van der Waals surface area contributed by atoms with Crippen LogP contribution in [0.5, 0.6) is 11.5 Å². The molecule has 1 heterocycles. The van der Waals surface area contributed by atoms with Gasteiger partial charge in [-0.1, -0.05) is 66.4 Å². The first kappa shape index (κ1) is 27.7. The van der Waals surface area contributed by atoms with Crippen LogP contribution in [0.15, 0.2) is 101 Å². The minimum atomic E-state index is -0.490. The van der Waals surface area contributed by atoms with Crippen LogP contribution in [0.25, 0.3) is 16.5 Å². The molecule has 0 bridgehead atoms. The fraction of sp³-hybridized carbons (Fsp3) is 0.161. The minimum Gasteiger partial charge on any atom is -0.497 e. The van der Waals surface area contributed by atoms with Gasteiger partial charge >= 0.3 is 0 Å². The maximum absolute atomic E-state index is 12.9. The predicted octanol–water partition coefficient (Wildman–Crippen LogP) is 5.68. The molecule has 0 aliphatic rings. The quantitative estimate of drug-likeness (QED) is 0.120. The zero-order valence-electron chi connectivity index (χ0n) is 22.9. The maximum atomic E-state index is 12.9. The highest BCUT2D eigenvalue weighted by Crippen LogP contribution is 2.28. The molecular formula is C31H30N6O3S. The van der Waals surface area contributed by atoms with Gasteiger partial charge in [0.1, 0.15) is 11.5 Å². The smallest absolute Gasteiger partial charge is 0.253 e. The van der Waals surface area contributed by atoms with Crippen molar-refractivity contribution >= 4 is 40.3 Å². The third kappa shape index (κ3) is 6.50. The van der Waals surface area contributed by atoms with Crippen LogP contribution in [-0.4, -0.2) is 46.4 Å². The van der Waals surface area contributed by atoms with Crippen LogP contribution in [0.4, 0.5) is 5.69 Å². The average molecular weight is 567 g/mol. The fourth-order valence-electron chi connectivity index (χ4n) is 4.27. The number of carbonyl (C=O) groups excluding carboxylic acids is 1.